The van der Waals surface area contributed by atoms with E-state index in [0.29, 0.717) is 19.3 Å². The Morgan fingerprint density at radius 3 is 1.38 bits per heavy atom. The highest BCUT2D eigenvalue weighted by Crippen LogP contribution is 2.61. The van der Waals surface area contributed by atoms with Crippen LogP contribution in [-0.2, 0) is 4.79 Å². The molecule has 2 nitrogen and oxygen atoms in total. The predicted molar refractivity (Wildman–Crippen MR) is 84.5 cm³/mol. The number of aliphatic carboxylic acids is 1. The molecule has 1 unspecified atom stereocenters. The smallest absolute Gasteiger partial charge is 0.460 e. The lowest BCUT2D eigenvalue weighted by Gasteiger charge is -2.41. The molecule has 0 heterocycles. The molecule has 0 fully saturated rings. The van der Waals surface area contributed by atoms with Crippen LogP contribution in [0.3, 0.4) is 0 Å². The zero-order valence-corrected chi connectivity index (χ0v) is 16.5. The Balaban J connectivity index is 5.83. The van der Waals surface area contributed by atoms with E-state index < -0.39 is 60.5 Å². The maximum absolute atomic E-state index is 14.0. The van der Waals surface area contributed by atoms with Crippen molar-refractivity contribution in [2.24, 2.45) is 5.92 Å². The summed E-state index contributed by atoms with van der Waals surface area (Å²) in [6.07, 6.45) is -6.37. The van der Waals surface area contributed by atoms with Crippen molar-refractivity contribution < 1.29 is 67.0 Å². The third-order valence-corrected chi connectivity index (χ3v) is 4.79. The quantitative estimate of drug-likeness (QED) is 0.196. The van der Waals surface area contributed by atoms with Gasteiger partial charge in [0.2, 0.25) is 0 Å². The van der Waals surface area contributed by atoms with Crippen molar-refractivity contribution in [3.63, 3.8) is 0 Å². The second-order valence-corrected chi connectivity index (χ2v) is 7.22. The Hall–Kier alpha value is -1.44. The van der Waals surface area contributed by atoms with Crippen LogP contribution in [0.5, 0.6) is 0 Å². The van der Waals surface area contributed by atoms with Gasteiger partial charge in [0.15, 0.2) is 0 Å². The molecule has 0 saturated heterocycles. The van der Waals surface area contributed by atoms with Crippen LogP contribution in [-0.4, -0.2) is 46.9 Å². The highest BCUT2D eigenvalue weighted by molar-refractivity contribution is 5.71. The lowest BCUT2D eigenvalue weighted by Crippen LogP contribution is -2.71. The molecule has 1 N–H and O–H groups in total. The topological polar surface area (TPSA) is 37.3 Å². The summed E-state index contributed by atoms with van der Waals surface area (Å²) in [7, 11) is 0. The molecular formula is C17H21F13O2. The number of halogens is 13. The molecule has 0 spiro atoms. The fourth-order valence-electron chi connectivity index (χ4n) is 2.77. The van der Waals surface area contributed by atoms with Gasteiger partial charge in [-0.2, -0.15) is 57.1 Å². The van der Waals surface area contributed by atoms with Gasteiger partial charge in [-0.3, -0.25) is 4.79 Å². The van der Waals surface area contributed by atoms with Crippen LogP contribution in [0.15, 0.2) is 0 Å². The molecule has 0 aliphatic rings. The molecule has 0 rings (SSSR count). The summed E-state index contributed by atoms with van der Waals surface area (Å²) in [4.78, 5) is 11.0. The number of carboxylic acid groups (broad SMARTS) is 1. The Morgan fingerprint density at radius 1 is 0.625 bits per heavy atom. The first-order valence-corrected chi connectivity index (χ1v) is 9.33. The van der Waals surface area contributed by atoms with Gasteiger partial charge in [-0.05, 0) is 6.42 Å². The maximum atomic E-state index is 14.0. The van der Waals surface area contributed by atoms with E-state index in [-0.39, 0.29) is 6.42 Å². The SMILES string of the molecule is CCCCCCCCCC(C(=O)O)C(F)(F)C(F)(F)C(F)(F)C(F)(F)C(F)(F)C(F)(F)F. The van der Waals surface area contributed by atoms with Crippen molar-refractivity contribution >= 4 is 5.97 Å². The van der Waals surface area contributed by atoms with Gasteiger partial charge in [0, 0.05) is 0 Å². The lowest BCUT2D eigenvalue weighted by molar-refractivity contribution is -0.442. The van der Waals surface area contributed by atoms with Crippen LogP contribution in [0.2, 0.25) is 0 Å². The number of rotatable bonds is 14. The molecule has 0 saturated carbocycles. The van der Waals surface area contributed by atoms with Crippen LogP contribution in [0.25, 0.3) is 0 Å². The molecule has 1 atom stereocenters. The van der Waals surface area contributed by atoms with E-state index >= 15 is 0 Å². The summed E-state index contributed by atoms with van der Waals surface area (Å²) in [5, 5.41) is 8.73. The second kappa shape index (κ2) is 10.2. The zero-order valence-electron chi connectivity index (χ0n) is 16.5. The molecule has 0 bridgehead atoms. The van der Waals surface area contributed by atoms with E-state index in [2.05, 4.69) is 0 Å². The summed E-state index contributed by atoms with van der Waals surface area (Å²) in [5.74, 6) is -44.6. The van der Waals surface area contributed by atoms with E-state index in [0.717, 1.165) is 12.8 Å². The van der Waals surface area contributed by atoms with E-state index in [1.165, 1.54) is 0 Å². The van der Waals surface area contributed by atoms with E-state index in [4.69, 9.17) is 5.11 Å². The Kier molecular flexibility index (Phi) is 9.76. The first kappa shape index (κ1) is 30.6. The van der Waals surface area contributed by atoms with E-state index in [9.17, 15) is 61.9 Å². The molecule has 0 aromatic heterocycles. The van der Waals surface area contributed by atoms with Crippen molar-refractivity contribution in [3.05, 3.63) is 0 Å². The average molecular weight is 504 g/mol. The Morgan fingerprint density at radius 2 is 1.00 bits per heavy atom. The normalized spacial score (nSPS) is 15.7. The number of alkyl halides is 13. The second-order valence-electron chi connectivity index (χ2n) is 7.22. The Bertz CT molecular complexity index is 614. The van der Waals surface area contributed by atoms with Gasteiger partial charge in [0.25, 0.3) is 0 Å². The monoisotopic (exact) mass is 504 g/mol. The van der Waals surface area contributed by atoms with Gasteiger partial charge in [-0.15, -0.1) is 0 Å². The van der Waals surface area contributed by atoms with Gasteiger partial charge in [-0.25, -0.2) is 0 Å². The maximum Gasteiger partial charge on any atom is 0.460 e. The van der Waals surface area contributed by atoms with Crippen LogP contribution in [0.4, 0.5) is 57.1 Å². The van der Waals surface area contributed by atoms with Crippen molar-refractivity contribution in [1.82, 2.24) is 0 Å². The Labute approximate surface area is 174 Å². The van der Waals surface area contributed by atoms with Gasteiger partial charge in [-0.1, -0.05) is 51.9 Å². The molecule has 0 aromatic rings. The van der Waals surface area contributed by atoms with Gasteiger partial charge in [0.05, 0.1) is 0 Å². The number of hydrogen-bond donors (Lipinski definition) is 1. The fourth-order valence-corrected chi connectivity index (χ4v) is 2.77. The first-order chi connectivity index (χ1) is 14.1. The van der Waals surface area contributed by atoms with Crippen LogP contribution in [0.1, 0.15) is 58.3 Å². The van der Waals surface area contributed by atoms with Gasteiger partial charge in [0.1, 0.15) is 5.92 Å². The number of unbranched alkanes of at least 4 members (excludes halogenated alkanes) is 6. The van der Waals surface area contributed by atoms with Crippen LogP contribution in [0, 0.1) is 5.92 Å². The van der Waals surface area contributed by atoms with Crippen molar-refractivity contribution in [1.29, 1.82) is 0 Å². The summed E-state index contributed by atoms with van der Waals surface area (Å²) < 4.78 is 171. The lowest BCUT2D eigenvalue weighted by atomic mass is 9.84. The summed E-state index contributed by atoms with van der Waals surface area (Å²) in [6, 6.07) is 0. The fraction of sp³-hybridized carbons (Fsp3) is 0.941. The van der Waals surface area contributed by atoms with Gasteiger partial charge >= 0.3 is 41.8 Å². The standard InChI is InChI=1S/C17H21F13O2/c1-2-3-4-5-6-7-8-9-10(11(31)32)12(18,19)13(20,21)14(22,23)15(24,25)16(26,27)17(28,29)30/h10H,2-9H2,1H3,(H,31,32). The minimum absolute atomic E-state index is 0.0339. The predicted octanol–water partition coefficient (Wildman–Crippen LogP) is 7.57. The molecule has 192 valence electrons. The summed E-state index contributed by atoms with van der Waals surface area (Å²) in [5.41, 5.74) is 0. The molecule has 0 aliphatic carbocycles. The molecule has 0 radical (unpaired) electrons. The number of carboxylic acids is 1. The molecule has 15 heteroatoms. The van der Waals surface area contributed by atoms with Crippen molar-refractivity contribution in [2.45, 2.75) is 94.1 Å². The minimum atomic E-state index is -8.03. The highest BCUT2D eigenvalue weighted by Gasteiger charge is 2.91. The first-order valence-electron chi connectivity index (χ1n) is 9.33. The molecule has 0 amide bonds. The van der Waals surface area contributed by atoms with Crippen LogP contribution >= 0.6 is 0 Å². The third kappa shape index (κ3) is 5.54. The third-order valence-electron chi connectivity index (χ3n) is 4.79. The van der Waals surface area contributed by atoms with E-state index in [1.807, 2.05) is 6.92 Å². The number of carbonyl (C=O) groups is 1. The van der Waals surface area contributed by atoms with Crippen LogP contribution < -0.4 is 0 Å². The minimum Gasteiger partial charge on any atom is -0.481 e. The van der Waals surface area contributed by atoms with Gasteiger partial charge < -0.3 is 5.11 Å². The highest BCUT2D eigenvalue weighted by atomic mass is 19.4. The van der Waals surface area contributed by atoms with E-state index in [1.54, 1.807) is 0 Å². The van der Waals surface area contributed by atoms with Crippen molar-refractivity contribution in [3.8, 4) is 0 Å². The summed E-state index contributed by atoms with van der Waals surface area (Å²) in [6.45, 7) is 1.86. The largest absolute Gasteiger partial charge is 0.481 e. The molecular weight excluding hydrogens is 483 g/mol. The van der Waals surface area contributed by atoms with Crippen molar-refractivity contribution in [2.75, 3.05) is 0 Å². The zero-order chi connectivity index (χ0) is 25.8. The average Bonchev–Trinajstić information content (AvgIpc) is 2.61. The molecule has 32 heavy (non-hydrogen) atoms. The number of hydrogen-bond acceptors (Lipinski definition) is 1. The molecule has 0 aromatic carbocycles. The molecule has 0 aliphatic heterocycles. The summed E-state index contributed by atoms with van der Waals surface area (Å²) >= 11 is 0.